The molecule has 2 aliphatic rings. The second-order valence-corrected chi connectivity index (χ2v) is 11.3. The molecule has 33 heavy (non-hydrogen) atoms. The molecule has 1 saturated carbocycles. The zero-order valence-electron chi connectivity index (χ0n) is 21.2. The number of piperazine rings is 1. The molecular weight excluding hydrogens is 450 g/mol. The van der Waals surface area contributed by atoms with E-state index in [1.807, 2.05) is 36.2 Å². The van der Waals surface area contributed by atoms with Crippen LogP contribution >= 0.6 is 23.5 Å². The minimum atomic E-state index is 0.190. The number of hydrogen-bond donors (Lipinski definition) is 2. The van der Waals surface area contributed by atoms with E-state index < -0.39 is 0 Å². The Morgan fingerprint density at radius 2 is 1.88 bits per heavy atom. The molecule has 0 spiro atoms. The molecule has 0 aromatic heterocycles. The first kappa shape index (κ1) is 28.5. The van der Waals surface area contributed by atoms with Gasteiger partial charge in [0.1, 0.15) is 0 Å². The third kappa shape index (κ3) is 10.6. The molecule has 0 bridgehead atoms. The Labute approximate surface area is 212 Å². The Morgan fingerprint density at radius 1 is 1.18 bits per heavy atom. The third-order valence-electron chi connectivity index (χ3n) is 6.71. The van der Waals surface area contributed by atoms with Crippen LogP contribution in [0.3, 0.4) is 0 Å². The van der Waals surface area contributed by atoms with E-state index in [-0.39, 0.29) is 11.8 Å². The van der Waals surface area contributed by atoms with Crippen molar-refractivity contribution < 1.29 is 4.79 Å². The Morgan fingerprint density at radius 3 is 2.48 bits per heavy atom. The average molecular weight is 496 g/mol. The van der Waals surface area contributed by atoms with Gasteiger partial charge >= 0.3 is 0 Å². The van der Waals surface area contributed by atoms with Crippen molar-refractivity contribution in [1.82, 2.24) is 14.9 Å². The lowest BCUT2D eigenvalue weighted by Gasteiger charge is -2.34. The fourth-order valence-electron chi connectivity index (χ4n) is 4.65. The van der Waals surface area contributed by atoms with Gasteiger partial charge in [-0.3, -0.25) is 4.79 Å². The van der Waals surface area contributed by atoms with Gasteiger partial charge < -0.3 is 10.6 Å². The van der Waals surface area contributed by atoms with Crippen LogP contribution in [0.15, 0.2) is 24.3 Å². The Kier molecular flexibility index (Phi) is 13.8. The molecule has 1 aliphatic carbocycles. The van der Waals surface area contributed by atoms with E-state index in [0.717, 1.165) is 30.5 Å². The highest BCUT2D eigenvalue weighted by atomic mass is 35.5. The van der Waals surface area contributed by atoms with Crippen LogP contribution in [0.1, 0.15) is 90.5 Å². The maximum absolute atomic E-state index is 12.3. The first-order valence-corrected chi connectivity index (χ1v) is 14.4. The van der Waals surface area contributed by atoms with Crippen molar-refractivity contribution >= 4 is 29.5 Å². The second kappa shape index (κ2) is 16.0. The lowest BCUT2D eigenvalue weighted by Crippen LogP contribution is -2.47. The monoisotopic (exact) mass is 495 g/mol. The summed E-state index contributed by atoms with van der Waals surface area (Å²) in [5, 5.41) is 7.40. The number of carbonyl (C=O) groups is 1. The van der Waals surface area contributed by atoms with Gasteiger partial charge in [-0.15, -0.1) is 0 Å². The summed E-state index contributed by atoms with van der Waals surface area (Å²) >= 11 is 7.97. The highest BCUT2D eigenvalue weighted by Gasteiger charge is 2.22. The zero-order chi connectivity index (χ0) is 24.1. The normalized spacial score (nSPS) is 20.7. The van der Waals surface area contributed by atoms with Gasteiger partial charge in [0.05, 0.1) is 0 Å². The largest absolute Gasteiger partial charge is 0.353 e. The van der Waals surface area contributed by atoms with E-state index in [1.54, 1.807) is 0 Å². The van der Waals surface area contributed by atoms with Crippen molar-refractivity contribution in [1.29, 1.82) is 0 Å². The molecule has 4 nitrogen and oxygen atoms in total. The SMILES string of the molecule is CC(C)C(CC(=O)NC1CCCCC1)c1ccc(Cl)cc1.CCCSN1CCNCC1CC. The Balaban J connectivity index is 0.000000273. The lowest BCUT2D eigenvalue weighted by molar-refractivity contribution is -0.122. The summed E-state index contributed by atoms with van der Waals surface area (Å²) in [6.45, 7) is 12.4. The van der Waals surface area contributed by atoms with Gasteiger partial charge in [-0.2, -0.15) is 0 Å². The molecule has 1 aromatic carbocycles. The van der Waals surface area contributed by atoms with Crippen LogP contribution < -0.4 is 10.6 Å². The molecule has 2 fully saturated rings. The fraction of sp³-hybridized carbons (Fsp3) is 0.741. The van der Waals surface area contributed by atoms with Crippen molar-refractivity contribution in [3.63, 3.8) is 0 Å². The van der Waals surface area contributed by atoms with E-state index in [2.05, 4.69) is 42.6 Å². The second-order valence-electron chi connectivity index (χ2n) is 9.75. The summed E-state index contributed by atoms with van der Waals surface area (Å²) in [6, 6.07) is 9.05. The number of amides is 1. The molecule has 1 heterocycles. The summed E-state index contributed by atoms with van der Waals surface area (Å²) in [5.74, 6) is 2.15. The number of rotatable bonds is 9. The van der Waals surface area contributed by atoms with Crippen LogP contribution in [0.2, 0.25) is 5.02 Å². The molecule has 188 valence electrons. The molecule has 0 radical (unpaired) electrons. The number of hydrogen-bond acceptors (Lipinski definition) is 4. The maximum Gasteiger partial charge on any atom is 0.220 e. The molecule has 6 heteroatoms. The number of carbonyl (C=O) groups excluding carboxylic acids is 1. The molecule has 3 rings (SSSR count). The number of benzene rings is 1. The van der Waals surface area contributed by atoms with E-state index in [4.69, 9.17) is 11.6 Å². The van der Waals surface area contributed by atoms with Crippen LogP contribution in [0.5, 0.6) is 0 Å². The highest BCUT2D eigenvalue weighted by Crippen LogP contribution is 2.29. The van der Waals surface area contributed by atoms with Crippen LogP contribution in [-0.4, -0.2) is 47.7 Å². The summed E-state index contributed by atoms with van der Waals surface area (Å²) < 4.78 is 2.56. The van der Waals surface area contributed by atoms with Crippen LogP contribution in [0.25, 0.3) is 0 Å². The van der Waals surface area contributed by atoms with Gasteiger partial charge in [0.2, 0.25) is 5.91 Å². The minimum absolute atomic E-state index is 0.190. The first-order valence-electron chi connectivity index (χ1n) is 13.1. The van der Waals surface area contributed by atoms with Crippen LogP contribution in [0, 0.1) is 5.92 Å². The van der Waals surface area contributed by atoms with Crippen molar-refractivity contribution in [3.8, 4) is 0 Å². The summed E-state index contributed by atoms with van der Waals surface area (Å²) in [6.07, 6.45) is 9.19. The quantitative estimate of drug-likeness (QED) is 0.376. The molecule has 2 unspecified atom stereocenters. The van der Waals surface area contributed by atoms with E-state index in [0.29, 0.717) is 18.4 Å². The van der Waals surface area contributed by atoms with Crippen LogP contribution in [-0.2, 0) is 4.79 Å². The van der Waals surface area contributed by atoms with Crippen molar-refractivity contribution in [2.45, 2.75) is 97.1 Å². The third-order valence-corrected chi connectivity index (χ3v) is 8.36. The van der Waals surface area contributed by atoms with E-state index >= 15 is 0 Å². The van der Waals surface area contributed by atoms with Gasteiger partial charge in [0.15, 0.2) is 0 Å². The molecule has 1 saturated heterocycles. The first-order chi connectivity index (χ1) is 15.9. The number of nitrogens with zero attached hydrogens (tertiary/aromatic N) is 1. The molecule has 1 aromatic rings. The topological polar surface area (TPSA) is 44.4 Å². The minimum Gasteiger partial charge on any atom is -0.353 e. The smallest absolute Gasteiger partial charge is 0.220 e. The number of halogens is 1. The number of nitrogens with one attached hydrogen (secondary N) is 2. The van der Waals surface area contributed by atoms with Gasteiger partial charge in [0.25, 0.3) is 0 Å². The molecule has 1 amide bonds. The van der Waals surface area contributed by atoms with Crippen molar-refractivity contribution in [2.75, 3.05) is 25.4 Å². The van der Waals surface area contributed by atoms with E-state index in [9.17, 15) is 4.79 Å². The molecule has 2 atom stereocenters. The highest BCUT2D eigenvalue weighted by molar-refractivity contribution is 7.97. The van der Waals surface area contributed by atoms with Crippen LogP contribution in [0.4, 0.5) is 0 Å². The standard InChI is InChI=1S/C18H26ClNO.C9H20N2S/c1-13(2)17(14-8-10-15(19)11-9-14)12-18(21)20-16-6-4-3-5-7-16;1-3-7-12-11-6-5-10-8-9(11)4-2/h8-11,13,16-17H,3-7,12H2,1-2H3,(H,20,21);9-10H,3-8H2,1-2H3. The van der Waals surface area contributed by atoms with Gasteiger partial charge in [-0.1, -0.05) is 82.6 Å². The van der Waals surface area contributed by atoms with Gasteiger partial charge in [0, 0.05) is 48.9 Å². The summed E-state index contributed by atoms with van der Waals surface area (Å²) in [4.78, 5) is 12.3. The van der Waals surface area contributed by atoms with E-state index in [1.165, 1.54) is 56.5 Å². The molecule has 2 N–H and O–H groups in total. The summed E-state index contributed by atoms with van der Waals surface area (Å²) in [7, 11) is 0. The predicted octanol–water partition coefficient (Wildman–Crippen LogP) is 6.65. The maximum atomic E-state index is 12.3. The molecule has 1 aliphatic heterocycles. The average Bonchev–Trinajstić information content (AvgIpc) is 2.83. The zero-order valence-corrected chi connectivity index (χ0v) is 22.8. The Hall–Kier alpha value is -0.750. The lowest BCUT2D eigenvalue weighted by atomic mass is 9.85. The van der Waals surface area contributed by atoms with Gasteiger partial charge in [-0.05, 0) is 55.2 Å². The van der Waals surface area contributed by atoms with Crippen molar-refractivity contribution in [2.24, 2.45) is 5.92 Å². The fourth-order valence-corrected chi connectivity index (χ4v) is 5.85. The molecular formula is C27H46ClN3OS. The van der Waals surface area contributed by atoms with Gasteiger partial charge in [-0.25, -0.2) is 4.31 Å². The summed E-state index contributed by atoms with van der Waals surface area (Å²) in [5.41, 5.74) is 1.20. The Bertz CT molecular complexity index is 664. The predicted molar refractivity (Wildman–Crippen MR) is 145 cm³/mol. The van der Waals surface area contributed by atoms with Crippen molar-refractivity contribution in [3.05, 3.63) is 34.9 Å².